The highest BCUT2D eigenvalue weighted by atomic mass is 35.5. The number of hydrogen-bond donors (Lipinski definition) is 2. The van der Waals surface area contributed by atoms with Gasteiger partial charge in [-0.2, -0.15) is 0 Å². The van der Waals surface area contributed by atoms with Gasteiger partial charge in [0.15, 0.2) is 0 Å². The molecule has 10 heteroatoms. The first-order valence-corrected chi connectivity index (χ1v) is 14.2. The number of anilines is 2. The van der Waals surface area contributed by atoms with Gasteiger partial charge in [-0.15, -0.1) is 0 Å². The average Bonchev–Trinajstić information content (AvgIpc) is 3.75. The van der Waals surface area contributed by atoms with Crippen LogP contribution in [0, 0.1) is 17.8 Å². The van der Waals surface area contributed by atoms with Gasteiger partial charge in [0.25, 0.3) is 0 Å². The van der Waals surface area contributed by atoms with Crippen LogP contribution < -0.4 is 15.4 Å². The molecule has 2 fully saturated rings. The molecule has 1 amide bonds. The van der Waals surface area contributed by atoms with Gasteiger partial charge >= 0.3 is 0 Å². The Morgan fingerprint density at radius 1 is 1.10 bits per heavy atom. The number of ether oxygens (including phenoxy) is 1. The molecule has 2 N–H and O–H groups in total. The van der Waals surface area contributed by atoms with Crippen LogP contribution in [-0.4, -0.2) is 57.0 Å². The van der Waals surface area contributed by atoms with Crippen molar-refractivity contribution in [1.29, 1.82) is 0 Å². The summed E-state index contributed by atoms with van der Waals surface area (Å²) < 4.78 is 5.94. The molecule has 9 nitrogen and oxygen atoms in total. The fourth-order valence-electron chi connectivity index (χ4n) is 5.03. The van der Waals surface area contributed by atoms with Crippen molar-refractivity contribution in [3.8, 4) is 17.7 Å². The fourth-order valence-corrected chi connectivity index (χ4v) is 5.18. The minimum absolute atomic E-state index is 0.0151. The van der Waals surface area contributed by atoms with Crippen LogP contribution in [0.5, 0.6) is 5.88 Å². The Morgan fingerprint density at radius 2 is 2.00 bits per heavy atom. The summed E-state index contributed by atoms with van der Waals surface area (Å²) in [5, 5.41) is 8.15. The van der Waals surface area contributed by atoms with Crippen LogP contribution in [0.3, 0.4) is 0 Å². The minimum Gasteiger partial charge on any atom is -0.476 e. The summed E-state index contributed by atoms with van der Waals surface area (Å²) in [4.78, 5) is 32.4. The molecule has 5 heterocycles. The molecule has 0 aromatic carbocycles. The second-order valence-corrected chi connectivity index (χ2v) is 10.7. The lowest BCUT2D eigenvalue weighted by atomic mass is 10.1. The van der Waals surface area contributed by atoms with Gasteiger partial charge in [-0.3, -0.25) is 9.69 Å². The molecule has 2 aliphatic rings. The van der Waals surface area contributed by atoms with E-state index in [1.165, 1.54) is 0 Å². The van der Waals surface area contributed by atoms with E-state index in [4.69, 9.17) is 16.3 Å². The Morgan fingerprint density at radius 3 is 2.83 bits per heavy atom. The van der Waals surface area contributed by atoms with Gasteiger partial charge in [0.1, 0.15) is 29.1 Å². The first-order chi connectivity index (χ1) is 20.1. The molecule has 41 heavy (non-hydrogen) atoms. The smallest absolute Gasteiger partial charge is 0.228 e. The number of halogens is 1. The zero-order chi connectivity index (χ0) is 28.2. The molecule has 1 saturated carbocycles. The highest BCUT2D eigenvalue weighted by Crippen LogP contribution is 2.31. The normalized spacial score (nSPS) is 16.7. The molecule has 1 aliphatic carbocycles. The maximum atomic E-state index is 12.3. The summed E-state index contributed by atoms with van der Waals surface area (Å²) >= 11 is 5.99. The summed E-state index contributed by atoms with van der Waals surface area (Å²) in [7, 11) is 1.82. The molecule has 0 radical (unpaired) electrons. The Hall–Kier alpha value is -4.26. The number of carbonyl (C=O) groups excluding carboxylic acids is 1. The summed E-state index contributed by atoms with van der Waals surface area (Å²) in [6.45, 7) is 2.35. The van der Waals surface area contributed by atoms with Gasteiger partial charge < -0.3 is 15.4 Å². The molecular weight excluding hydrogens is 538 g/mol. The molecule has 208 valence electrons. The Kier molecular flexibility index (Phi) is 7.94. The largest absolute Gasteiger partial charge is 0.476 e. The van der Waals surface area contributed by atoms with E-state index >= 15 is 0 Å². The molecule has 1 atom stereocenters. The van der Waals surface area contributed by atoms with Crippen LogP contribution in [0.1, 0.15) is 42.5 Å². The zero-order valence-electron chi connectivity index (χ0n) is 22.7. The predicted octanol–water partition coefficient (Wildman–Crippen LogP) is 4.91. The first-order valence-electron chi connectivity index (χ1n) is 13.8. The van der Waals surface area contributed by atoms with Crippen molar-refractivity contribution in [3.05, 3.63) is 77.0 Å². The van der Waals surface area contributed by atoms with E-state index in [9.17, 15) is 4.79 Å². The van der Waals surface area contributed by atoms with Crippen molar-refractivity contribution in [1.82, 2.24) is 24.8 Å². The predicted molar refractivity (Wildman–Crippen MR) is 159 cm³/mol. The highest BCUT2D eigenvalue weighted by molar-refractivity contribution is 6.29. The second-order valence-electron chi connectivity index (χ2n) is 10.3. The third-order valence-corrected chi connectivity index (χ3v) is 7.57. The Labute approximate surface area is 243 Å². The van der Waals surface area contributed by atoms with Gasteiger partial charge in [0, 0.05) is 61.0 Å². The molecule has 6 rings (SSSR count). The molecule has 1 saturated heterocycles. The molecule has 1 aliphatic heterocycles. The quantitative estimate of drug-likeness (QED) is 0.229. The number of carbonyl (C=O) groups is 1. The van der Waals surface area contributed by atoms with Crippen LogP contribution in [0.25, 0.3) is 10.8 Å². The summed E-state index contributed by atoms with van der Waals surface area (Å²) in [5.41, 5.74) is 2.56. The molecule has 4 aromatic rings. The van der Waals surface area contributed by atoms with E-state index in [0.29, 0.717) is 41.0 Å². The van der Waals surface area contributed by atoms with E-state index in [0.717, 1.165) is 60.7 Å². The number of hydrogen-bond acceptors (Lipinski definition) is 8. The number of pyridine rings is 4. The lowest BCUT2D eigenvalue weighted by Gasteiger charge is -2.24. The van der Waals surface area contributed by atoms with Crippen LogP contribution in [0.4, 0.5) is 11.6 Å². The fraction of sp³-hybridized carbons (Fsp3) is 0.323. The molecule has 4 aromatic heterocycles. The van der Waals surface area contributed by atoms with Crippen LogP contribution in [0.2, 0.25) is 5.15 Å². The number of rotatable bonds is 8. The minimum atomic E-state index is 0.0151. The number of aromatic nitrogens is 4. The van der Waals surface area contributed by atoms with Gasteiger partial charge in [-0.1, -0.05) is 23.6 Å². The standard InChI is InChI=1S/C31H30ClN7O2/c1-33-30-26-17-35-28(38-31(40)21-7-8-21)15-25(26)22(16-36-30)9-10-23-14-20(11-12-34-23)18-39-13-3-4-24(39)19-41-29-6-2-5-27(32)37-29/h2,5-6,11-12,14-17,21,24H,3-4,7-8,13,18-19H2,1H3,(H,33,36)(H,35,38,40). The Bertz CT molecular complexity index is 1650. The monoisotopic (exact) mass is 567 g/mol. The third-order valence-electron chi connectivity index (χ3n) is 7.36. The van der Waals surface area contributed by atoms with Crippen molar-refractivity contribution < 1.29 is 9.53 Å². The van der Waals surface area contributed by atoms with Gasteiger partial charge in [-0.25, -0.2) is 19.9 Å². The molecule has 0 spiro atoms. The third kappa shape index (κ3) is 6.56. The number of nitrogens with one attached hydrogen (secondary N) is 2. The topological polar surface area (TPSA) is 105 Å². The molecular formula is C31H30ClN7O2. The van der Waals surface area contributed by atoms with Crippen molar-refractivity contribution >= 4 is 39.9 Å². The van der Waals surface area contributed by atoms with E-state index in [-0.39, 0.29) is 11.8 Å². The van der Waals surface area contributed by atoms with Gasteiger partial charge in [0.2, 0.25) is 11.8 Å². The number of amides is 1. The maximum Gasteiger partial charge on any atom is 0.228 e. The Balaban J connectivity index is 1.18. The van der Waals surface area contributed by atoms with E-state index in [1.54, 1.807) is 24.7 Å². The van der Waals surface area contributed by atoms with E-state index in [2.05, 4.69) is 47.3 Å². The lowest BCUT2D eigenvalue weighted by molar-refractivity contribution is -0.117. The number of nitrogens with zero attached hydrogens (tertiary/aromatic N) is 5. The van der Waals surface area contributed by atoms with E-state index in [1.807, 2.05) is 37.4 Å². The van der Waals surface area contributed by atoms with Crippen LogP contribution in [-0.2, 0) is 11.3 Å². The van der Waals surface area contributed by atoms with Crippen molar-refractivity contribution in [2.75, 3.05) is 30.8 Å². The molecule has 1 unspecified atom stereocenters. The summed E-state index contributed by atoms with van der Waals surface area (Å²) in [6, 6.07) is 11.6. The van der Waals surface area contributed by atoms with Crippen molar-refractivity contribution in [2.45, 2.75) is 38.3 Å². The average molecular weight is 568 g/mol. The second kappa shape index (κ2) is 12.1. The van der Waals surface area contributed by atoms with Gasteiger partial charge in [-0.05, 0) is 68.0 Å². The van der Waals surface area contributed by atoms with Crippen molar-refractivity contribution in [3.63, 3.8) is 0 Å². The van der Waals surface area contributed by atoms with E-state index < -0.39 is 0 Å². The van der Waals surface area contributed by atoms with Crippen molar-refractivity contribution in [2.24, 2.45) is 5.92 Å². The summed E-state index contributed by atoms with van der Waals surface area (Å²) in [5.74, 6) is 8.34. The lowest BCUT2D eigenvalue weighted by Crippen LogP contribution is -2.33. The highest BCUT2D eigenvalue weighted by Gasteiger charge is 2.30. The van der Waals surface area contributed by atoms with Gasteiger partial charge in [0.05, 0.1) is 5.56 Å². The SMILES string of the molecule is CNc1ncc(C#Cc2cc(CN3CCCC3COc3cccc(Cl)n3)ccn2)c2cc(NC(=O)C3CC3)ncc12. The molecule has 0 bridgehead atoms. The van der Waals surface area contributed by atoms with Crippen LogP contribution in [0.15, 0.2) is 55.0 Å². The van der Waals surface area contributed by atoms with Crippen LogP contribution >= 0.6 is 11.6 Å². The summed E-state index contributed by atoms with van der Waals surface area (Å²) in [6.07, 6.45) is 9.31. The number of fused-ring (bicyclic) bond motifs is 1. The maximum absolute atomic E-state index is 12.3. The first kappa shape index (κ1) is 26.9. The zero-order valence-corrected chi connectivity index (χ0v) is 23.5. The number of likely N-dealkylation sites (tertiary alicyclic amines) is 1.